The molecule has 30 heavy (non-hydrogen) atoms. The van der Waals surface area contributed by atoms with Gasteiger partial charge >= 0.3 is 5.97 Å². The van der Waals surface area contributed by atoms with Crippen LogP contribution in [0.4, 0.5) is 5.69 Å². The summed E-state index contributed by atoms with van der Waals surface area (Å²) in [7, 11) is 3.13. The molecule has 0 aliphatic carbocycles. The Labute approximate surface area is 187 Å². The number of halogens is 1. The number of nitrogens with zero attached hydrogens (tertiary/aromatic N) is 2. The maximum Gasteiger partial charge on any atom is 0.337 e. The number of ether oxygens (including phenoxy) is 2. The molecule has 2 atom stereocenters. The van der Waals surface area contributed by atoms with E-state index in [4.69, 9.17) is 9.47 Å². The summed E-state index contributed by atoms with van der Waals surface area (Å²) in [6.45, 7) is 7.47. The summed E-state index contributed by atoms with van der Waals surface area (Å²) in [5.74, 6) is 1.03. The van der Waals surface area contributed by atoms with Gasteiger partial charge in [-0.25, -0.2) is 4.79 Å². The number of benzene rings is 2. The first-order valence-electron chi connectivity index (χ1n) is 10.5. The van der Waals surface area contributed by atoms with Crippen LogP contribution in [0, 0.1) is 0 Å². The van der Waals surface area contributed by atoms with Gasteiger partial charge in [0.15, 0.2) is 0 Å². The minimum absolute atomic E-state index is 0.282. The fourth-order valence-electron chi connectivity index (χ4n) is 4.99. The summed E-state index contributed by atoms with van der Waals surface area (Å²) < 4.78 is 11.2. The van der Waals surface area contributed by atoms with E-state index in [-0.39, 0.29) is 5.97 Å². The Bertz CT molecular complexity index is 929. The molecule has 2 aliphatic rings. The molecule has 0 amide bonds. The third-order valence-corrected chi connectivity index (χ3v) is 6.92. The van der Waals surface area contributed by atoms with Gasteiger partial charge in [0.25, 0.3) is 0 Å². The van der Waals surface area contributed by atoms with Crippen molar-refractivity contribution in [2.24, 2.45) is 0 Å². The monoisotopic (exact) mass is 472 g/mol. The highest BCUT2D eigenvalue weighted by molar-refractivity contribution is 9.10. The van der Waals surface area contributed by atoms with Gasteiger partial charge in [-0.15, -0.1) is 0 Å². The summed E-state index contributed by atoms with van der Waals surface area (Å²) in [5.41, 5.74) is 4.43. The molecular formula is C24H29BrN2O3. The number of hydrogen-bond acceptors (Lipinski definition) is 5. The molecule has 2 aliphatic heterocycles. The average Bonchev–Trinajstić information content (AvgIpc) is 3.08. The van der Waals surface area contributed by atoms with Crippen molar-refractivity contribution in [1.29, 1.82) is 0 Å². The van der Waals surface area contributed by atoms with Crippen LogP contribution in [-0.4, -0.2) is 50.3 Å². The first-order chi connectivity index (χ1) is 14.4. The molecule has 0 bridgehead atoms. The highest BCUT2D eigenvalue weighted by Gasteiger charge is 2.44. The van der Waals surface area contributed by atoms with Gasteiger partial charge in [0, 0.05) is 35.6 Å². The van der Waals surface area contributed by atoms with Crippen LogP contribution < -0.4 is 9.64 Å². The summed E-state index contributed by atoms with van der Waals surface area (Å²) >= 11 is 3.75. The highest BCUT2D eigenvalue weighted by Crippen LogP contribution is 2.50. The molecule has 4 rings (SSSR count). The predicted octanol–water partition coefficient (Wildman–Crippen LogP) is 4.83. The van der Waals surface area contributed by atoms with Gasteiger partial charge in [0.2, 0.25) is 0 Å². The standard InChI is InChI=1S/C24H29BrN2O3/c1-15(2)27-22-14-26(13-16-5-7-18(29-3)8-6-16)10-9-19(22)20-11-17(24(28)30-4)12-21(25)23(20)27/h5-8,11-12,15,19,22H,9-10,13-14H2,1-4H3. The number of carbonyl (C=O) groups is 1. The third-order valence-electron chi connectivity index (χ3n) is 6.32. The first-order valence-corrected chi connectivity index (χ1v) is 11.3. The Morgan fingerprint density at radius 1 is 1.20 bits per heavy atom. The zero-order valence-corrected chi connectivity index (χ0v) is 19.6. The average molecular weight is 473 g/mol. The summed E-state index contributed by atoms with van der Waals surface area (Å²) in [5, 5.41) is 0. The molecule has 1 saturated heterocycles. The lowest BCUT2D eigenvalue weighted by atomic mass is 9.87. The molecule has 2 aromatic rings. The zero-order chi connectivity index (χ0) is 21.4. The fraction of sp³-hybridized carbons (Fsp3) is 0.458. The van der Waals surface area contributed by atoms with E-state index in [1.165, 1.54) is 23.9 Å². The van der Waals surface area contributed by atoms with E-state index in [1.807, 2.05) is 24.3 Å². The number of methoxy groups -OCH3 is 2. The molecule has 2 aromatic carbocycles. The molecule has 0 saturated carbocycles. The van der Waals surface area contributed by atoms with Crippen LogP contribution in [0.15, 0.2) is 40.9 Å². The number of hydrogen-bond donors (Lipinski definition) is 0. The minimum atomic E-state index is -0.282. The molecule has 0 radical (unpaired) electrons. The molecule has 160 valence electrons. The highest BCUT2D eigenvalue weighted by atomic mass is 79.9. The number of anilines is 1. The minimum Gasteiger partial charge on any atom is -0.497 e. The van der Waals surface area contributed by atoms with Crippen molar-refractivity contribution in [3.63, 3.8) is 0 Å². The Kier molecular flexibility index (Phi) is 6.07. The molecule has 2 unspecified atom stereocenters. The molecule has 5 nitrogen and oxygen atoms in total. The van der Waals surface area contributed by atoms with Gasteiger partial charge in [0.1, 0.15) is 5.75 Å². The third kappa shape index (κ3) is 3.83. The van der Waals surface area contributed by atoms with Gasteiger partial charge < -0.3 is 14.4 Å². The number of carbonyl (C=O) groups excluding carboxylic acids is 1. The van der Waals surface area contributed by atoms with E-state index < -0.39 is 0 Å². The van der Waals surface area contributed by atoms with Gasteiger partial charge in [-0.2, -0.15) is 0 Å². The molecule has 0 N–H and O–H groups in total. The molecule has 1 fully saturated rings. The summed E-state index contributed by atoms with van der Waals surface area (Å²) in [4.78, 5) is 17.2. The number of likely N-dealkylation sites (tertiary alicyclic amines) is 1. The van der Waals surface area contributed by atoms with Gasteiger partial charge in [-0.1, -0.05) is 12.1 Å². The van der Waals surface area contributed by atoms with Crippen LogP contribution >= 0.6 is 15.9 Å². The molecule has 0 aromatic heterocycles. The quantitative estimate of drug-likeness (QED) is 0.582. The van der Waals surface area contributed by atoms with Crippen molar-refractivity contribution in [2.75, 3.05) is 32.2 Å². The second-order valence-electron chi connectivity index (χ2n) is 8.43. The second-order valence-corrected chi connectivity index (χ2v) is 9.29. The maximum absolute atomic E-state index is 12.2. The Balaban J connectivity index is 1.60. The number of piperidine rings is 1. The number of fused-ring (bicyclic) bond motifs is 3. The van der Waals surface area contributed by atoms with Crippen LogP contribution in [0.1, 0.15) is 47.7 Å². The molecular weight excluding hydrogens is 444 g/mol. The number of esters is 1. The molecule has 2 heterocycles. The van der Waals surface area contributed by atoms with E-state index in [1.54, 1.807) is 7.11 Å². The van der Waals surface area contributed by atoms with E-state index in [0.29, 0.717) is 23.6 Å². The Hall–Kier alpha value is -2.05. The van der Waals surface area contributed by atoms with Crippen molar-refractivity contribution in [2.45, 2.75) is 44.8 Å². The van der Waals surface area contributed by atoms with Crippen LogP contribution in [0.25, 0.3) is 0 Å². The van der Waals surface area contributed by atoms with Crippen molar-refractivity contribution in [1.82, 2.24) is 4.90 Å². The second kappa shape index (κ2) is 8.60. The maximum atomic E-state index is 12.2. The first kappa shape index (κ1) is 21.2. The lowest BCUT2D eigenvalue weighted by Crippen LogP contribution is -2.50. The summed E-state index contributed by atoms with van der Waals surface area (Å²) in [6, 6.07) is 13.1. The smallest absolute Gasteiger partial charge is 0.337 e. The van der Waals surface area contributed by atoms with Gasteiger partial charge in [-0.3, -0.25) is 4.90 Å². The lowest BCUT2D eigenvalue weighted by molar-refractivity contribution is 0.0600. The fourth-order valence-corrected chi connectivity index (χ4v) is 5.67. The van der Waals surface area contributed by atoms with Crippen LogP contribution in [0.2, 0.25) is 0 Å². The number of rotatable bonds is 5. The van der Waals surface area contributed by atoms with Gasteiger partial charge in [-0.05, 0) is 78.1 Å². The van der Waals surface area contributed by atoms with Crippen molar-refractivity contribution < 1.29 is 14.3 Å². The molecule has 0 spiro atoms. The molecule has 6 heteroatoms. The van der Waals surface area contributed by atoms with Crippen LogP contribution in [0.5, 0.6) is 5.75 Å². The van der Waals surface area contributed by atoms with Crippen molar-refractivity contribution >= 4 is 27.6 Å². The van der Waals surface area contributed by atoms with E-state index in [0.717, 1.165) is 36.3 Å². The zero-order valence-electron chi connectivity index (χ0n) is 18.0. The normalized spacial score (nSPS) is 20.8. The van der Waals surface area contributed by atoms with E-state index in [9.17, 15) is 4.79 Å². The predicted molar refractivity (Wildman–Crippen MR) is 123 cm³/mol. The Morgan fingerprint density at radius 2 is 1.93 bits per heavy atom. The SMILES string of the molecule is COC(=O)c1cc(Br)c2c(c1)C1CCN(Cc3ccc(OC)cc3)CC1N2C(C)C. The van der Waals surface area contributed by atoms with Gasteiger partial charge in [0.05, 0.1) is 25.5 Å². The van der Waals surface area contributed by atoms with Crippen molar-refractivity contribution in [3.05, 3.63) is 57.6 Å². The van der Waals surface area contributed by atoms with Crippen LogP contribution in [0.3, 0.4) is 0 Å². The van der Waals surface area contributed by atoms with Crippen molar-refractivity contribution in [3.8, 4) is 5.75 Å². The summed E-state index contributed by atoms with van der Waals surface area (Å²) in [6.07, 6.45) is 1.08. The topological polar surface area (TPSA) is 42.0 Å². The largest absolute Gasteiger partial charge is 0.497 e. The van der Waals surface area contributed by atoms with E-state index in [2.05, 4.69) is 51.7 Å². The lowest BCUT2D eigenvalue weighted by Gasteiger charge is -2.41. The van der Waals surface area contributed by atoms with Crippen LogP contribution in [-0.2, 0) is 11.3 Å². The Morgan fingerprint density at radius 3 is 2.57 bits per heavy atom. The van der Waals surface area contributed by atoms with E-state index >= 15 is 0 Å².